The monoisotopic (exact) mass is 366 g/mol. The number of nitrogens with zero attached hydrogens (tertiary/aromatic N) is 1. The maximum Gasteiger partial charge on any atom is 0.343 e. The summed E-state index contributed by atoms with van der Waals surface area (Å²) >= 11 is 5.73. The minimum Gasteiger partial charge on any atom is -0.452 e. The molecule has 0 bridgehead atoms. The molecule has 7 nitrogen and oxygen atoms in total. The van der Waals surface area contributed by atoms with E-state index in [1.54, 1.807) is 0 Å². The number of hydrogen-bond acceptors (Lipinski definition) is 5. The molecule has 0 aliphatic heterocycles. The second-order valence-electron chi connectivity index (χ2n) is 4.93. The number of amides is 1. The van der Waals surface area contributed by atoms with Gasteiger partial charge in [-0.2, -0.15) is 0 Å². The van der Waals surface area contributed by atoms with E-state index in [1.807, 2.05) is 0 Å². The molecule has 0 saturated carbocycles. The fourth-order valence-electron chi connectivity index (χ4n) is 2.04. The van der Waals surface area contributed by atoms with Crippen molar-refractivity contribution in [1.29, 1.82) is 0 Å². The maximum absolute atomic E-state index is 13.6. The molecule has 130 valence electrons. The molecule has 9 heteroatoms. The summed E-state index contributed by atoms with van der Waals surface area (Å²) in [6.45, 7) is 0.768. The van der Waals surface area contributed by atoms with Gasteiger partial charge >= 0.3 is 5.97 Å². The highest BCUT2D eigenvalue weighted by atomic mass is 35.5. The van der Waals surface area contributed by atoms with E-state index in [0.29, 0.717) is 0 Å². The van der Waals surface area contributed by atoms with Crippen molar-refractivity contribution in [3.63, 3.8) is 0 Å². The second kappa shape index (κ2) is 7.71. The first-order valence-corrected chi connectivity index (χ1v) is 7.34. The average molecular weight is 367 g/mol. The highest BCUT2D eigenvalue weighted by molar-refractivity contribution is 6.33. The number of nitro benzene ring substituents is 1. The molecule has 2 aromatic carbocycles. The summed E-state index contributed by atoms with van der Waals surface area (Å²) in [6.07, 6.45) is 0. The van der Waals surface area contributed by atoms with Crippen LogP contribution in [0.1, 0.15) is 15.9 Å². The van der Waals surface area contributed by atoms with Crippen molar-refractivity contribution >= 4 is 34.9 Å². The molecule has 1 amide bonds. The standard InChI is InChI=1S/C16H12ClFN2O5/c1-9-12(6-3-7-13(9)20(23)24)19-14(21)8-25-16(22)15-10(17)4-2-5-11(15)18/h2-7H,8H2,1H3,(H,19,21). The lowest BCUT2D eigenvalue weighted by atomic mass is 10.1. The minimum atomic E-state index is -1.09. The molecule has 2 aromatic rings. The van der Waals surface area contributed by atoms with Crippen LogP contribution in [-0.2, 0) is 9.53 Å². The van der Waals surface area contributed by atoms with Crippen LogP contribution in [0, 0.1) is 22.9 Å². The van der Waals surface area contributed by atoms with Gasteiger partial charge in [-0.3, -0.25) is 14.9 Å². The first-order chi connectivity index (χ1) is 11.8. The predicted octanol–water partition coefficient (Wildman–Crippen LogP) is 3.49. The molecule has 0 aliphatic rings. The van der Waals surface area contributed by atoms with Gasteiger partial charge in [0.2, 0.25) is 0 Å². The topological polar surface area (TPSA) is 98.5 Å². The van der Waals surface area contributed by atoms with Crippen molar-refractivity contribution in [1.82, 2.24) is 0 Å². The summed E-state index contributed by atoms with van der Waals surface area (Å²) in [6, 6.07) is 7.85. The van der Waals surface area contributed by atoms with Crippen molar-refractivity contribution < 1.29 is 23.6 Å². The third-order valence-electron chi connectivity index (χ3n) is 3.28. The Labute approximate surface area is 146 Å². The van der Waals surface area contributed by atoms with Crippen LogP contribution < -0.4 is 5.32 Å². The summed E-state index contributed by atoms with van der Waals surface area (Å²) in [5, 5.41) is 13.1. The molecule has 1 N–H and O–H groups in total. The molecule has 2 rings (SSSR count). The Balaban J connectivity index is 2.03. The molecule has 0 aromatic heterocycles. The number of nitrogens with one attached hydrogen (secondary N) is 1. The van der Waals surface area contributed by atoms with E-state index in [0.717, 1.165) is 6.07 Å². The summed E-state index contributed by atoms with van der Waals surface area (Å²) < 4.78 is 18.3. The van der Waals surface area contributed by atoms with Crippen LogP contribution in [0.25, 0.3) is 0 Å². The normalized spacial score (nSPS) is 10.2. The fourth-order valence-corrected chi connectivity index (χ4v) is 2.28. The third-order valence-corrected chi connectivity index (χ3v) is 3.59. The minimum absolute atomic E-state index is 0.139. The molecule has 0 spiro atoms. The average Bonchev–Trinajstić information content (AvgIpc) is 2.54. The molecule has 0 radical (unpaired) electrons. The van der Waals surface area contributed by atoms with Crippen molar-refractivity contribution in [3.8, 4) is 0 Å². The molecule has 0 fully saturated rings. The Hall–Kier alpha value is -3.00. The van der Waals surface area contributed by atoms with E-state index in [9.17, 15) is 24.1 Å². The van der Waals surface area contributed by atoms with Crippen LogP contribution in [-0.4, -0.2) is 23.4 Å². The van der Waals surface area contributed by atoms with Gasteiger partial charge in [0.1, 0.15) is 11.4 Å². The van der Waals surface area contributed by atoms with Crippen LogP contribution in [0.15, 0.2) is 36.4 Å². The zero-order valence-corrected chi connectivity index (χ0v) is 13.7. The zero-order chi connectivity index (χ0) is 18.6. The lowest BCUT2D eigenvalue weighted by molar-refractivity contribution is -0.385. The molecule has 0 heterocycles. The van der Waals surface area contributed by atoms with Crippen LogP contribution in [0.3, 0.4) is 0 Å². The fraction of sp³-hybridized carbons (Fsp3) is 0.125. The second-order valence-corrected chi connectivity index (χ2v) is 5.33. The van der Waals surface area contributed by atoms with Crippen LogP contribution in [0.2, 0.25) is 5.02 Å². The zero-order valence-electron chi connectivity index (χ0n) is 12.9. The molecule has 0 saturated heterocycles. The molecule has 25 heavy (non-hydrogen) atoms. The lowest BCUT2D eigenvalue weighted by Gasteiger charge is -2.10. The summed E-state index contributed by atoms with van der Waals surface area (Å²) in [7, 11) is 0. The summed E-state index contributed by atoms with van der Waals surface area (Å²) in [4.78, 5) is 34.0. The number of benzene rings is 2. The Morgan fingerprint density at radius 1 is 1.28 bits per heavy atom. The number of anilines is 1. The van der Waals surface area contributed by atoms with Crippen LogP contribution >= 0.6 is 11.6 Å². The number of ether oxygens (including phenoxy) is 1. The van der Waals surface area contributed by atoms with E-state index in [-0.39, 0.29) is 22.0 Å². The van der Waals surface area contributed by atoms with Gasteiger partial charge in [0.25, 0.3) is 11.6 Å². The number of carbonyl (C=O) groups excluding carboxylic acids is 2. The smallest absolute Gasteiger partial charge is 0.343 e. The first kappa shape index (κ1) is 18.3. The lowest BCUT2D eigenvalue weighted by Crippen LogP contribution is -2.22. The number of rotatable bonds is 5. The Morgan fingerprint density at radius 2 is 1.96 bits per heavy atom. The van der Waals surface area contributed by atoms with Gasteiger partial charge < -0.3 is 10.1 Å². The van der Waals surface area contributed by atoms with Gasteiger partial charge in [0.05, 0.1) is 21.2 Å². The van der Waals surface area contributed by atoms with Gasteiger partial charge in [-0.15, -0.1) is 0 Å². The summed E-state index contributed by atoms with van der Waals surface area (Å²) in [5.74, 6) is -2.69. The van der Waals surface area contributed by atoms with Crippen molar-refractivity contribution in [2.24, 2.45) is 0 Å². The maximum atomic E-state index is 13.6. The molecule has 0 unspecified atom stereocenters. The van der Waals surface area contributed by atoms with E-state index in [2.05, 4.69) is 5.32 Å². The quantitative estimate of drug-likeness (QED) is 0.496. The van der Waals surface area contributed by atoms with Crippen molar-refractivity contribution in [3.05, 3.63) is 68.5 Å². The Kier molecular flexibility index (Phi) is 5.66. The van der Waals surface area contributed by atoms with E-state index in [4.69, 9.17) is 16.3 Å². The summed E-state index contributed by atoms with van der Waals surface area (Å²) in [5.41, 5.74) is -0.167. The molecule has 0 atom stereocenters. The van der Waals surface area contributed by atoms with Gasteiger partial charge in [0, 0.05) is 6.07 Å². The highest BCUT2D eigenvalue weighted by Crippen LogP contribution is 2.25. The highest BCUT2D eigenvalue weighted by Gasteiger charge is 2.19. The number of esters is 1. The Bertz CT molecular complexity index is 836. The Morgan fingerprint density at radius 3 is 2.60 bits per heavy atom. The van der Waals surface area contributed by atoms with Crippen molar-refractivity contribution in [2.75, 3.05) is 11.9 Å². The van der Waals surface area contributed by atoms with Crippen molar-refractivity contribution in [2.45, 2.75) is 6.92 Å². The van der Waals surface area contributed by atoms with E-state index < -0.39 is 34.8 Å². The van der Waals surface area contributed by atoms with Crippen LogP contribution in [0.4, 0.5) is 15.8 Å². The number of nitro groups is 1. The first-order valence-electron chi connectivity index (χ1n) is 6.96. The van der Waals surface area contributed by atoms with Gasteiger partial charge in [-0.25, -0.2) is 9.18 Å². The van der Waals surface area contributed by atoms with E-state index >= 15 is 0 Å². The number of hydrogen-bond donors (Lipinski definition) is 1. The molecular weight excluding hydrogens is 355 g/mol. The third kappa shape index (κ3) is 4.30. The van der Waals surface area contributed by atoms with Gasteiger partial charge in [-0.1, -0.05) is 23.7 Å². The molecule has 0 aliphatic carbocycles. The van der Waals surface area contributed by atoms with Crippen LogP contribution in [0.5, 0.6) is 0 Å². The van der Waals surface area contributed by atoms with E-state index in [1.165, 1.54) is 37.3 Å². The van der Waals surface area contributed by atoms with Gasteiger partial charge in [0.15, 0.2) is 6.61 Å². The largest absolute Gasteiger partial charge is 0.452 e. The number of carbonyl (C=O) groups is 2. The SMILES string of the molecule is Cc1c(NC(=O)COC(=O)c2c(F)cccc2Cl)cccc1[N+](=O)[O-]. The molecular formula is C16H12ClFN2O5. The number of halogens is 2. The van der Waals surface area contributed by atoms with Gasteiger partial charge in [-0.05, 0) is 25.1 Å². The predicted molar refractivity (Wildman–Crippen MR) is 88.2 cm³/mol.